The molecule has 2 heteroatoms. The van der Waals surface area contributed by atoms with Crippen molar-refractivity contribution in [2.45, 2.75) is 20.3 Å². The van der Waals surface area contributed by atoms with E-state index in [0.29, 0.717) is 0 Å². The first kappa shape index (κ1) is 10.9. The normalized spacial score (nSPS) is 14.8. The van der Waals surface area contributed by atoms with Gasteiger partial charge in [0, 0.05) is 6.42 Å². The summed E-state index contributed by atoms with van der Waals surface area (Å²) < 4.78 is 5.44. The van der Waals surface area contributed by atoms with Crippen molar-refractivity contribution in [2.75, 3.05) is 6.61 Å². The Morgan fingerprint density at radius 1 is 1.44 bits per heavy atom. The van der Waals surface area contributed by atoms with Gasteiger partial charge < -0.3 is 4.74 Å². The summed E-state index contributed by atoms with van der Waals surface area (Å²) in [5.41, 5.74) is 3.15. The summed E-state index contributed by atoms with van der Waals surface area (Å²) in [6, 6.07) is 6.08. The standard InChI is InChI=1S/C14H16O2/c1-10(2)13(9-15)8-11-3-4-14-12(7-11)5-6-16-14/h3-4,7-10H,5-6H2,1-2H3. The molecule has 0 aromatic heterocycles. The quantitative estimate of drug-likeness (QED) is 0.573. The highest BCUT2D eigenvalue weighted by molar-refractivity contribution is 5.82. The van der Waals surface area contributed by atoms with Crippen molar-refractivity contribution in [3.63, 3.8) is 0 Å². The molecule has 1 aromatic carbocycles. The predicted molar refractivity (Wildman–Crippen MR) is 64.5 cm³/mol. The van der Waals surface area contributed by atoms with Gasteiger partial charge in [-0.05, 0) is 40.8 Å². The lowest BCUT2D eigenvalue weighted by Gasteiger charge is -2.04. The molecule has 0 amide bonds. The van der Waals surface area contributed by atoms with E-state index in [1.165, 1.54) is 5.56 Å². The van der Waals surface area contributed by atoms with Crippen molar-refractivity contribution in [2.24, 2.45) is 5.92 Å². The molecule has 1 aliphatic rings. The first-order valence-corrected chi connectivity index (χ1v) is 5.63. The van der Waals surface area contributed by atoms with Crippen molar-refractivity contribution in [1.82, 2.24) is 0 Å². The molecule has 1 aromatic rings. The van der Waals surface area contributed by atoms with E-state index in [4.69, 9.17) is 4.74 Å². The van der Waals surface area contributed by atoms with E-state index >= 15 is 0 Å². The summed E-state index contributed by atoms with van der Waals surface area (Å²) in [6.45, 7) is 4.82. The first-order valence-electron chi connectivity index (χ1n) is 5.63. The molecule has 0 fully saturated rings. The zero-order valence-electron chi connectivity index (χ0n) is 9.69. The third-order valence-corrected chi connectivity index (χ3v) is 2.85. The van der Waals surface area contributed by atoms with Crippen molar-refractivity contribution in [3.05, 3.63) is 34.9 Å². The SMILES string of the molecule is CC(C)C(C=O)=Cc1ccc2c(c1)CCO2. The van der Waals surface area contributed by atoms with E-state index in [-0.39, 0.29) is 5.92 Å². The minimum Gasteiger partial charge on any atom is -0.493 e. The molecule has 2 rings (SSSR count). The van der Waals surface area contributed by atoms with E-state index in [0.717, 1.165) is 36.2 Å². The monoisotopic (exact) mass is 216 g/mol. The van der Waals surface area contributed by atoms with Gasteiger partial charge in [-0.15, -0.1) is 0 Å². The minimum absolute atomic E-state index is 0.266. The second kappa shape index (κ2) is 4.52. The van der Waals surface area contributed by atoms with Crippen LogP contribution in [0.1, 0.15) is 25.0 Å². The number of allylic oxidation sites excluding steroid dienone is 1. The first-order chi connectivity index (χ1) is 7.70. The van der Waals surface area contributed by atoms with Crippen molar-refractivity contribution in [1.29, 1.82) is 0 Å². The highest BCUT2D eigenvalue weighted by atomic mass is 16.5. The summed E-state index contributed by atoms with van der Waals surface area (Å²) >= 11 is 0. The van der Waals surface area contributed by atoms with Gasteiger partial charge >= 0.3 is 0 Å². The van der Waals surface area contributed by atoms with E-state index in [1.807, 2.05) is 32.1 Å². The summed E-state index contributed by atoms with van der Waals surface area (Å²) in [7, 11) is 0. The van der Waals surface area contributed by atoms with Gasteiger partial charge in [0.2, 0.25) is 0 Å². The van der Waals surface area contributed by atoms with Crippen LogP contribution in [-0.4, -0.2) is 12.9 Å². The fraction of sp³-hybridized carbons (Fsp3) is 0.357. The Balaban J connectivity index is 2.31. The molecule has 0 radical (unpaired) electrons. The lowest BCUT2D eigenvalue weighted by atomic mass is 10.0. The number of rotatable bonds is 3. The Bertz CT molecular complexity index is 430. The summed E-state index contributed by atoms with van der Waals surface area (Å²) in [6.07, 6.45) is 3.86. The molecule has 1 aliphatic heterocycles. The number of ether oxygens (including phenoxy) is 1. The van der Waals surface area contributed by atoms with Crippen LogP contribution in [0.15, 0.2) is 23.8 Å². The maximum atomic E-state index is 10.9. The molecule has 0 saturated heterocycles. The van der Waals surface area contributed by atoms with Gasteiger partial charge in [0.1, 0.15) is 12.0 Å². The van der Waals surface area contributed by atoms with Crippen LogP contribution in [0.5, 0.6) is 5.75 Å². The van der Waals surface area contributed by atoms with Gasteiger partial charge in [-0.3, -0.25) is 4.79 Å². The summed E-state index contributed by atoms with van der Waals surface area (Å²) in [5, 5.41) is 0. The number of carbonyl (C=O) groups excluding carboxylic acids is 1. The van der Waals surface area contributed by atoms with E-state index in [9.17, 15) is 4.79 Å². The third-order valence-electron chi connectivity index (χ3n) is 2.85. The van der Waals surface area contributed by atoms with E-state index in [1.54, 1.807) is 0 Å². The van der Waals surface area contributed by atoms with Gasteiger partial charge in [-0.2, -0.15) is 0 Å². The lowest BCUT2D eigenvalue weighted by Crippen LogP contribution is -1.94. The zero-order valence-corrected chi connectivity index (χ0v) is 9.69. The van der Waals surface area contributed by atoms with Gasteiger partial charge in [-0.1, -0.05) is 19.9 Å². The van der Waals surface area contributed by atoms with Gasteiger partial charge in [0.25, 0.3) is 0 Å². The van der Waals surface area contributed by atoms with Crippen LogP contribution >= 0.6 is 0 Å². The Morgan fingerprint density at radius 3 is 2.94 bits per heavy atom. The zero-order chi connectivity index (χ0) is 11.5. The fourth-order valence-corrected chi connectivity index (χ4v) is 1.83. The predicted octanol–water partition coefficient (Wildman–Crippen LogP) is 2.86. The molecule has 0 saturated carbocycles. The van der Waals surface area contributed by atoms with E-state index in [2.05, 4.69) is 6.07 Å². The van der Waals surface area contributed by atoms with E-state index < -0.39 is 0 Å². The summed E-state index contributed by atoms with van der Waals surface area (Å²) in [4.78, 5) is 10.9. The maximum absolute atomic E-state index is 10.9. The van der Waals surface area contributed by atoms with Crippen LogP contribution in [0.4, 0.5) is 0 Å². The summed E-state index contributed by atoms with van der Waals surface area (Å²) in [5.74, 6) is 1.25. The molecule has 1 heterocycles. The molecular weight excluding hydrogens is 200 g/mol. The van der Waals surface area contributed by atoms with Crippen LogP contribution in [-0.2, 0) is 11.2 Å². The highest BCUT2D eigenvalue weighted by Crippen LogP contribution is 2.27. The maximum Gasteiger partial charge on any atom is 0.146 e. The van der Waals surface area contributed by atoms with Crippen molar-refractivity contribution >= 4 is 12.4 Å². The van der Waals surface area contributed by atoms with Crippen LogP contribution in [0.2, 0.25) is 0 Å². The van der Waals surface area contributed by atoms with Crippen molar-refractivity contribution in [3.8, 4) is 5.75 Å². The topological polar surface area (TPSA) is 26.3 Å². The van der Waals surface area contributed by atoms with Crippen LogP contribution in [0.25, 0.3) is 6.08 Å². The molecule has 16 heavy (non-hydrogen) atoms. The highest BCUT2D eigenvalue weighted by Gasteiger charge is 2.11. The van der Waals surface area contributed by atoms with Crippen molar-refractivity contribution < 1.29 is 9.53 Å². The molecule has 0 spiro atoms. The van der Waals surface area contributed by atoms with Gasteiger partial charge in [0.15, 0.2) is 0 Å². The van der Waals surface area contributed by atoms with Gasteiger partial charge in [-0.25, -0.2) is 0 Å². The molecule has 84 valence electrons. The number of carbonyl (C=O) groups is 1. The lowest BCUT2D eigenvalue weighted by molar-refractivity contribution is -0.105. The Morgan fingerprint density at radius 2 is 2.25 bits per heavy atom. The molecule has 0 unspecified atom stereocenters. The molecule has 0 bridgehead atoms. The number of benzene rings is 1. The molecule has 0 atom stereocenters. The number of aldehydes is 1. The minimum atomic E-state index is 0.266. The average molecular weight is 216 g/mol. The largest absolute Gasteiger partial charge is 0.493 e. The number of hydrogen-bond donors (Lipinski definition) is 0. The molecule has 0 N–H and O–H groups in total. The Hall–Kier alpha value is -1.57. The van der Waals surface area contributed by atoms with Crippen LogP contribution in [0, 0.1) is 5.92 Å². The second-order valence-electron chi connectivity index (χ2n) is 4.38. The molecule has 0 aliphatic carbocycles. The molecule has 2 nitrogen and oxygen atoms in total. The number of fused-ring (bicyclic) bond motifs is 1. The van der Waals surface area contributed by atoms with Crippen LogP contribution in [0.3, 0.4) is 0 Å². The Labute approximate surface area is 95.9 Å². The average Bonchev–Trinajstić information content (AvgIpc) is 2.72. The second-order valence-corrected chi connectivity index (χ2v) is 4.38. The number of hydrogen-bond acceptors (Lipinski definition) is 2. The van der Waals surface area contributed by atoms with Crippen LogP contribution < -0.4 is 4.74 Å². The Kier molecular flexibility index (Phi) is 3.09. The third kappa shape index (κ3) is 2.16. The smallest absolute Gasteiger partial charge is 0.146 e. The molecular formula is C14H16O2. The fourth-order valence-electron chi connectivity index (χ4n) is 1.83. The van der Waals surface area contributed by atoms with Gasteiger partial charge in [0.05, 0.1) is 6.61 Å².